The molecule has 0 bridgehead atoms. The number of hydrogen-bond acceptors (Lipinski definition) is 3. The van der Waals surface area contributed by atoms with E-state index in [-0.39, 0.29) is 11.7 Å². The lowest BCUT2D eigenvalue weighted by Gasteiger charge is -2.11. The Balaban J connectivity index is 1.79. The van der Waals surface area contributed by atoms with E-state index < -0.39 is 0 Å². The van der Waals surface area contributed by atoms with Crippen LogP contribution in [0, 0.1) is 12.7 Å². The fraction of sp³-hybridized carbons (Fsp3) is 0.250. The van der Waals surface area contributed by atoms with Crippen LogP contribution in [0.25, 0.3) is 0 Å². The molecule has 4 nitrogen and oxygen atoms in total. The molecule has 0 atom stereocenters. The number of carbonyl (C=O) groups is 1. The minimum absolute atomic E-state index is 0.219. The average molecular weight is 351 g/mol. The maximum Gasteiger partial charge on any atom is 0.279 e. The SMILES string of the molecule is CCc1sc(C(=O)NNC(=S)NCc2ccc(F)cc2)cc1C. The number of amides is 1. The molecule has 1 aromatic carbocycles. The van der Waals surface area contributed by atoms with E-state index >= 15 is 0 Å². The van der Waals surface area contributed by atoms with Gasteiger partial charge in [0.05, 0.1) is 4.88 Å². The summed E-state index contributed by atoms with van der Waals surface area (Å²) in [5.74, 6) is -0.497. The van der Waals surface area contributed by atoms with Crippen LogP contribution in [0.2, 0.25) is 0 Å². The van der Waals surface area contributed by atoms with Crippen LogP contribution in [0.1, 0.15) is 32.6 Å². The lowest BCUT2D eigenvalue weighted by molar-refractivity contribution is 0.0947. The Labute approximate surface area is 144 Å². The molecule has 0 fully saturated rings. The summed E-state index contributed by atoms with van der Waals surface area (Å²) in [6.07, 6.45) is 0.912. The lowest BCUT2D eigenvalue weighted by atomic mass is 10.2. The predicted octanol–water partition coefficient (Wildman–Crippen LogP) is 3.07. The van der Waals surface area contributed by atoms with E-state index in [1.807, 2.05) is 13.0 Å². The average Bonchev–Trinajstić information content (AvgIpc) is 2.93. The first-order valence-electron chi connectivity index (χ1n) is 7.17. The van der Waals surface area contributed by atoms with Gasteiger partial charge in [0.15, 0.2) is 5.11 Å². The molecule has 3 N–H and O–H groups in total. The normalized spacial score (nSPS) is 10.2. The summed E-state index contributed by atoms with van der Waals surface area (Å²) in [5.41, 5.74) is 7.25. The van der Waals surface area contributed by atoms with Crippen molar-refractivity contribution in [2.24, 2.45) is 0 Å². The number of thiocarbonyl (C=S) groups is 1. The van der Waals surface area contributed by atoms with Crippen LogP contribution in [0.15, 0.2) is 30.3 Å². The molecule has 2 rings (SSSR count). The Morgan fingerprint density at radius 1 is 1.26 bits per heavy atom. The summed E-state index contributed by atoms with van der Waals surface area (Å²) in [5, 5.41) is 3.24. The molecule has 0 saturated heterocycles. The van der Waals surface area contributed by atoms with Crippen molar-refractivity contribution in [3.63, 3.8) is 0 Å². The molecule has 122 valence electrons. The number of aryl methyl sites for hydroxylation is 2. The zero-order valence-corrected chi connectivity index (χ0v) is 14.5. The van der Waals surface area contributed by atoms with E-state index in [1.165, 1.54) is 28.3 Å². The third kappa shape index (κ3) is 5.01. The number of carbonyl (C=O) groups excluding carboxylic acids is 1. The summed E-state index contributed by atoms with van der Waals surface area (Å²) in [4.78, 5) is 13.9. The Hall–Kier alpha value is -1.99. The molecule has 1 amide bonds. The third-order valence-electron chi connectivity index (χ3n) is 3.22. The first kappa shape index (κ1) is 17.4. The van der Waals surface area contributed by atoms with Crippen molar-refractivity contribution >= 4 is 34.6 Å². The smallest absolute Gasteiger partial charge is 0.279 e. The summed E-state index contributed by atoms with van der Waals surface area (Å²) in [6.45, 7) is 4.50. The quantitative estimate of drug-likeness (QED) is 0.585. The van der Waals surface area contributed by atoms with Crippen molar-refractivity contribution < 1.29 is 9.18 Å². The Kier molecular flexibility index (Phi) is 6.06. The maximum absolute atomic E-state index is 12.8. The molecule has 1 aromatic heterocycles. The summed E-state index contributed by atoms with van der Waals surface area (Å²) in [7, 11) is 0. The number of benzene rings is 1. The van der Waals surface area contributed by atoms with Gasteiger partial charge < -0.3 is 5.32 Å². The number of halogens is 1. The second-order valence-electron chi connectivity index (χ2n) is 4.96. The van der Waals surface area contributed by atoms with Gasteiger partial charge in [0.2, 0.25) is 0 Å². The van der Waals surface area contributed by atoms with Crippen LogP contribution >= 0.6 is 23.6 Å². The van der Waals surface area contributed by atoms with Crippen molar-refractivity contribution in [3.8, 4) is 0 Å². The van der Waals surface area contributed by atoms with Gasteiger partial charge in [-0.2, -0.15) is 0 Å². The van der Waals surface area contributed by atoms with Crippen LogP contribution < -0.4 is 16.2 Å². The fourth-order valence-electron chi connectivity index (χ4n) is 1.99. The van der Waals surface area contributed by atoms with Gasteiger partial charge in [0.1, 0.15) is 5.82 Å². The number of rotatable bonds is 4. The highest BCUT2D eigenvalue weighted by molar-refractivity contribution is 7.80. The zero-order chi connectivity index (χ0) is 16.8. The lowest BCUT2D eigenvalue weighted by Crippen LogP contribution is -2.46. The number of hydrazine groups is 1. The molecule has 0 aliphatic heterocycles. The van der Waals surface area contributed by atoms with Crippen LogP contribution in [-0.4, -0.2) is 11.0 Å². The molecule has 0 saturated carbocycles. The molecule has 7 heteroatoms. The predicted molar refractivity (Wildman–Crippen MR) is 94.9 cm³/mol. The fourth-order valence-corrected chi connectivity index (χ4v) is 3.12. The summed E-state index contributed by atoms with van der Waals surface area (Å²) >= 11 is 6.57. The molecule has 0 unspecified atom stereocenters. The van der Waals surface area contributed by atoms with E-state index in [4.69, 9.17) is 12.2 Å². The van der Waals surface area contributed by atoms with Gasteiger partial charge in [0.25, 0.3) is 5.91 Å². The van der Waals surface area contributed by atoms with Gasteiger partial charge >= 0.3 is 0 Å². The van der Waals surface area contributed by atoms with E-state index in [9.17, 15) is 9.18 Å². The van der Waals surface area contributed by atoms with E-state index in [1.54, 1.807) is 12.1 Å². The van der Waals surface area contributed by atoms with Crippen molar-refractivity contribution in [1.29, 1.82) is 0 Å². The molecule has 0 aliphatic carbocycles. The van der Waals surface area contributed by atoms with Gasteiger partial charge in [-0.3, -0.25) is 15.6 Å². The molecule has 2 aromatic rings. The maximum atomic E-state index is 12.8. The minimum Gasteiger partial charge on any atom is -0.357 e. The first-order chi connectivity index (χ1) is 11.0. The number of nitrogens with one attached hydrogen (secondary N) is 3. The van der Waals surface area contributed by atoms with Crippen LogP contribution in [0.3, 0.4) is 0 Å². The van der Waals surface area contributed by atoms with Crippen LogP contribution in [0.4, 0.5) is 4.39 Å². The van der Waals surface area contributed by atoms with Gasteiger partial charge in [-0.15, -0.1) is 11.3 Å². The standard InChI is InChI=1S/C16H18FN3OS2/c1-3-13-10(2)8-14(23-13)15(21)19-20-16(22)18-9-11-4-6-12(17)7-5-11/h4-8H,3,9H2,1-2H3,(H,19,21)(H2,18,20,22). The van der Waals surface area contributed by atoms with Gasteiger partial charge in [0, 0.05) is 11.4 Å². The zero-order valence-electron chi connectivity index (χ0n) is 12.9. The number of thiophene rings is 1. The molecular weight excluding hydrogens is 333 g/mol. The van der Waals surface area contributed by atoms with Gasteiger partial charge in [-0.25, -0.2) is 4.39 Å². The van der Waals surface area contributed by atoms with E-state index in [0.717, 1.165) is 17.5 Å². The monoisotopic (exact) mass is 351 g/mol. The van der Waals surface area contributed by atoms with E-state index in [2.05, 4.69) is 23.1 Å². The highest BCUT2D eigenvalue weighted by atomic mass is 32.1. The molecule has 23 heavy (non-hydrogen) atoms. The van der Waals surface area contributed by atoms with Crippen molar-refractivity contribution in [1.82, 2.24) is 16.2 Å². The molecular formula is C16H18FN3OS2. The van der Waals surface area contributed by atoms with Crippen molar-refractivity contribution in [2.45, 2.75) is 26.8 Å². The van der Waals surface area contributed by atoms with E-state index in [0.29, 0.717) is 16.5 Å². The summed E-state index contributed by atoms with van der Waals surface area (Å²) in [6, 6.07) is 7.99. The summed E-state index contributed by atoms with van der Waals surface area (Å²) < 4.78 is 12.8. The van der Waals surface area contributed by atoms with Gasteiger partial charge in [-0.1, -0.05) is 19.1 Å². The third-order valence-corrected chi connectivity index (χ3v) is 4.85. The topological polar surface area (TPSA) is 53.2 Å². The molecule has 0 spiro atoms. The van der Waals surface area contributed by atoms with Crippen LogP contribution in [-0.2, 0) is 13.0 Å². The largest absolute Gasteiger partial charge is 0.357 e. The minimum atomic E-state index is -0.278. The van der Waals surface area contributed by atoms with Gasteiger partial charge in [-0.05, 0) is 54.9 Å². The Bertz CT molecular complexity index is 698. The molecule has 0 radical (unpaired) electrons. The van der Waals surface area contributed by atoms with Crippen molar-refractivity contribution in [2.75, 3.05) is 0 Å². The van der Waals surface area contributed by atoms with Crippen LogP contribution in [0.5, 0.6) is 0 Å². The first-order valence-corrected chi connectivity index (χ1v) is 8.40. The second kappa shape index (κ2) is 8.03. The molecule has 0 aliphatic rings. The highest BCUT2D eigenvalue weighted by Gasteiger charge is 2.11. The highest BCUT2D eigenvalue weighted by Crippen LogP contribution is 2.21. The Morgan fingerprint density at radius 2 is 1.96 bits per heavy atom. The molecule has 1 heterocycles. The second-order valence-corrected chi connectivity index (χ2v) is 6.50. The number of hydrogen-bond donors (Lipinski definition) is 3. The Morgan fingerprint density at radius 3 is 2.57 bits per heavy atom. The van der Waals surface area contributed by atoms with Crippen molar-refractivity contribution in [3.05, 3.63) is 57.0 Å².